The van der Waals surface area contributed by atoms with Gasteiger partial charge in [0.1, 0.15) is 5.60 Å². The van der Waals surface area contributed by atoms with Gasteiger partial charge in [0.25, 0.3) is 0 Å². The molecule has 1 aromatic heterocycles. The van der Waals surface area contributed by atoms with Gasteiger partial charge in [-0.3, -0.25) is 24.7 Å². The van der Waals surface area contributed by atoms with Crippen molar-refractivity contribution in [2.45, 2.75) is 51.6 Å². The maximum Gasteiger partial charge on any atom is 0.329 e. The van der Waals surface area contributed by atoms with Crippen molar-refractivity contribution in [3.05, 3.63) is 23.8 Å². The highest BCUT2D eigenvalue weighted by molar-refractivity contribution is 6.08. The Labute approximate surface area is 180 Å². The minimum atomic E-state index is -0.479. The van der Waals surface area contributed by atoms with Crippen LogP contribution in [0.15, 0.2) is 22.7 Å². The number of amides is 3. The van der Waals surface area contributed by atoms with Crippen LogP contribution < -0.4 is 10.2 Å². The number of likely N-dealkylation sites (tertiary alicyclic amines) is 1. The molecular formula is C22H28N4O5. The van der Waals surface area contributed by atoms with Crippen molar-refractivity contribution in [3.63, 3.8) is 0 Å². The number of nitrogens with zero attached hydrogens (tertiary/aromatic N) is 3. The summed E-state index contributed by atoms with van der Waals surface area (Å²) in [6.45, 7) is 7.87. The molecular weight excluding hydrogens is 400 g/mol. The van der Waals surface area contributed by atoms with Crippen molar-refractivity contribution in [1.29, 1.82) is 0 Å². The fourth-order valence-corrected chi connectivity index (χ4v) is 4.14. The highest BCUT2D eigenvalue weighted by atomic mass is 16.6. The average Bonchev–Trinajstić information content (AvgIpc) is 3.10. The van der Waals surface area contributed by atoms with Crippen molar-refractivity contribution in [2.75, 3.05) is 31.1 Å². The largest absolute Gasteiger partial charge is 0.459 e. The van der Waals surface area contributed by atoms with Crippen LogP contribution in [-0.4, -0.2) is 59.7 Å². The van der Waals surface area contributed by atoms with Crippen LogP contribution in [0.1, 0.15) is 51.5 Å². The smallest absolute Gasteiger partial charge is 0.329 e. The zero-order valence-corrected chi connectivity index (χ0v) is 18.1. The van der Waals surface area contributed by atoms with Gasteiger partial charge in [0.05, 0.1) is 11.9 Å². The van der Waals surface area contributed by atoms with Gasteiger partial charge in [-0.1, -0.05) is 11.2 Å². The molecule has 0 aliphatic carbocycles. The summed E-state index contributed by atoms with van der Waals surface area (Å²) < 4.78 is 10.9. The number of nitrogens with one attached hydrogen (secondary N) is 1. The Morgan fingerprint density at radius 3 is 2.65 bits per heavy atom. The van der Waals surface area contributed by atoms with E-state index in [1.807, 2.05) is 39.0 Å². The Balaban J connectivity index is 1.39. The van der Waals surface area contributed by atoms with Crippen LogP contribution in [0, 0.1) is 0 Å². The number of carbonyl (C=O) groups is 3. The molecule has 2 saturated heterocycles. The van der Waals surface area contributed by atoms with Crippen LogP contribution >= 0.6 is 0 Å². The first-order chi connectivity index (χ1) is 14.7. The first kappa shape index (κ1) is 21.3. The van der Waals surface area contributed by atoms with Gasteiger partial charge in [-0.25, -0.2) is 4.79 Å². The van der Waals surface area contributed by atoms with Gasteiger partial charge in [-0.15, -0.1) is 0 Å². The number of fused-ring (bicyclic) bond motifs is 1. The topological polar surface area (TPSA) is 105 Å². The number of benzene rings is 1. The van der Waals surface area contributed by atoms with E-state index in [4.69, 9.17) is 9.26 Å². The summed E-state index contributed by atoms with van der Waals surface area (Å²) in [5.74, 6) is 0.321. The second-order valence-corrected chi connectivity index (χ2v) is 9.15. The lowest BCUT2D eigenvalue weighted by atomic mass is 9.89. The molecule has 9 heteroatoms. The van der Waals surface area contributed by atoms with Crippen molar-refractivity contribution in [2.24, 2.45) is 0 Å². The lowest BCUT2D eigenvalue weighted by Gasteiger charge is -2.32. The van der Waals surface area contributed by atoms with E-state index in [9.17, 15) is 14.4 Å². The normalized spacial score (nSPS) is 19.0. The number of rotatable bonds is 4. The summed E-state index contributed by atoms with van der Waals surface area (Å²) in [5, 5.41) is 7.12. The molecule has 1 aromatic carbocycles. The van der Waals surface area contributed by atoms with Gasteiger partial charge in [-0.2, -0.15) is 0 Å². The Hall–Kier alpha value is -2.94. The third-order valence-electron chi connectivity index (χ3n) is 5.62. The zero-order valence-electron chi connectivity index (χ0n) is 18.1. The summed E-state index contributed by atoms with van der Waals surface area (Å²) in [5.41, 5.74) is 1.31. The number of aromatic nitrogens is 1. The number of hydrogen-bond acceptors (Lipinski definition) is 7. The third-order valence-corrected chi connectivity index (χ3v) is 5.62. The summed E-state index contributed by atoms with van der Waals surface area (Å²) in [7, 11) is 0. The van der Waals surface area contributed by atoms with Crippen molar-refractivity contribution < 1.29 is 23.6 Å². The van der Waals surface area contributed by atoms with Gasteiger partial charge < -0.3 is 9.26 Å². The number of piperidine rings is 1. The summed E-state index contributed by atoms with van der Waals surface area (Å²) in [6, 6.07) is 5.47. The van der Waals surface area contributed by atoms with Crippen molar-refractivity contribution >= 4 is 34.7 Å². The molecule has 2 fully saturated rings. The number of carbonyl (C=O) groups excluding carboxylic acids is 3. The molecule has 9 nitrogen and oxygen atoms in total. The van der Waals surface area contributed by atoms with E-state index in [1.165, 1.54) is 4.90 Å². The van der Waals surface area contributed by atoms with Crippen LogP contribution in [-0.2, 0) is 14.3 Å². The molecule has 1 N–H and O–H groups in total. The zero-order chi connectivity index (χ0) is 22.2. The lowest BCUT2D eigenvalue weighted by Crippen LogP contribution is -2.49. The molecule has 3 heterocycles. The molecule has 0 saturated carbocycles. The standard InChI is InChI=1S/C22H28N4O5/c1-22(2,3)30-19(28)13-25-9-6-14(7-10-25)15-4-5-16-17(12-15)31-24-20(16)26-11-8-18(27)23-21(26)29/h4-5,12,14H,6-11,13H2,1-3H3,(H,23,27,29). The highest BCUT2D eigenvalue weighted by Crippen LogP contribution is 2.33. The first-order valence-corrected chi connectivity index (χ1v) is 10.6. The molecule has 166 valence electrons. The predicted octanol–water partition coefficient (Wildman–Crippen LogP) is 2.80. The van der Waals surface area contributed by atoms with E-state index in [-0.39, 0.29) is 24.8 Å². The van der Waals surface area contributed by atoms with Gasteiger partial charge in [0, 0.05) is 13.0 Å². The molecule has 0 radical (unpaired) electrons. The molecule has 31 heavy (non-hydrogen) atoms. The van der Waals surface area contributed by atoms with Crippen LogP contribution in [0.4, 0.5) is 10.6 Å². The van der Waals surface area contributed by atoms with E-state index in [1.54, 1.807) is 0 Å². The Morgan fingerprint density at radius 1 is 1.23 bits per heavy atom. The second kappa shape index (κ2) is 8.30. The second-order valence-electron chi connectivity index (χ2n) is 9.15. The number of urea groups is 1. The maximum absolute atomic E-state index is 12.1. The van der Waals surface area contributed by atoms with Crippen LogP contribution in [0.2, 0.25) is 0 Å². The van der Waals surface area contributed by atoms with Crippen molar-refractivity contribution in [3.8, 4) is 0 Å². The monoisotopic (exact) mass is 428 g/mol. The molecule has 2 aliphatic rings. The minimum Gasteiger partial charge on any atom is -0.459 e. The van der Waals surface area contributed by atoms with Gasteiger partial charge in [0.2, 0.25) is 5.91 Å². The molecule has 0 atom stereocenters. The van der Waals surface area contributed by atoms with Crippen LogP contribution in [0.3, 0.4) is 0 Å². The van der Waals surface area contributed by atoms with E-state index in [0.717, 1.165) is 36.9 Å². The molecule has 2 aliphatic heterocycles. The molecule has 0 bridgehead atoms. The van der Waals surface area contributed by atoms with E-state index >= 15 is 0 Å². The Morgan fingerprint density at radius 2 is 1.97 bits per heavy atom. The molecule has 0 unspecified atom stereocenters. The third kappa shape index (κ3) is 4.87. The number of imide groups is 1. The highest BCUT2D eigenvalue weighted by Gasteiger charge is 2.29. The van der Waals surface area contributed by atoms with E-state index in [2.05, 4.69) is 15.4 Å². The number of ether oxygens (including phenoxy) is 1. The minimum absolute atomic E-state index is 0.190. The van der Waals surface area contributed by atoms with Crippen LogP contribution in [0.5, 0.6) is 0 Å². The molecule has 0 spiro atoms. The van der Waals surface area contributed by atoms with Gasteiger partial charge >= 0.3 is 12.0 Å². The SMILES string of the molecule is CC(C)(C)OC(=O)CN1CCC(c2ccc3c(N4CCC(=O)NC4=O)noc3c2)CC1. The lowest BCUT2D eigenvalue weighted by molar-refractivity contribution is -0.156. The number of esters is 1. The van der Waals surface area contributed by atoms with Gasteiger partial charge in [0.15, 0.2) is 11.4 Å². The summed E-state index contributed by atoms with van der Waals surface area (Å²) in [4.78, 5) is 39.1. The number of anilines is 1. The Kier molecular flexibility index (Phi) is 5.70. The fourth-order valence-electron chi connectivity index (χ4n) is 4.14. The Bertz CT molecular complexity index is 1000. The molecule has 2 aromatic rings. The molecule has 3 amide bonds. The fraction of sp³-hybridized carbons (Fsp3) is 0.545. The van der Waals surface area contributed by atoms with Gasteiger partial charge in [-0.05, 0) is 70.3 Å². The summed E-state index contributed by atoms with van der Waals surface area (Å²) in [6.07, 6.45) is 2.11. The maximum atomic E-state index is 12.1. The molecule has 4 rings (SSSR count). The van der Waals surface area contributed by atoms with Crippen molar-refractivity contribution in [1.82, 2.24) is 15.4 Å². The summed E-state index contributed by atoms with van der Waals surface area (Å²) >= 11 is 0. The first-order valence-electron chi connectivity index (χ1n) is 10.6. The average molecular weight is 428 g/mol. The number of hydrogen-bond donors (Lipinski definition) is 1. The van der Waals surface area contributed by atoms with Crippen LogP contribution in [0.25, 0.3) is 11.0 Å². The van der Waals surface area contributed by atoms with E-state index < -0.39 is 11.6 Å². The van der Waals surface area contributed by atoms with E-state index in [0.29, 0.717) is 23.9 Å². The quantitative estimate of drug-likeness (QED) is 0.747. The predicted molar refractivity (Wildman–Crippen MR) is 114 cm³/mol.